The van der Waals surface area contributed by atoms with Crippen molar-refractivity contribution >= 4 is 34.8 Å². The molecular formula is C30H24Cl2F2N8O2. The van der Waals surface area contributed by atoms with Crippen molar-refractivity contribution in [2.24, 2.45) is 0 Å². The maximum absolute atomic E-state index is 15.4. The van der Waals surface area contributed by atoms with Gasteiger partial charge in [0.1, 0.15) is 5.82 Å². The van der Waals surface area contributed by atoms with Crippen LogP contribution in [0.3, 0.4) is 0 Å². The molecule has 2 unspecified atom stereocenters. The molecule has 0 spiro atoms. The van der Waals surface area contributed by atoms with Gasteiger partial charge in [0.2, 0.25) is 5.91 Å². The molecule has 5 aromatic rings. The van der Waals surface area contributed by atoms with Gasteiger partial charge in [-0.25, -0.2) is 18.4 Å². The summed E-state index contributed by atoms with van der Waals surface area (Å²) in [5.74, 6) is -1.52. The van der Waals surface area contributed by atoms with E-state index in [1.165, 1.54) is 58.2 Å². The van der Waals surface area contributed by atoms with Crippen LogP contribution in [0.25, 0.3) is 28.1 Å². The number of amides is 1. The molecule has 2 aromatic carbocycles. The first-order chi connectivity index (χ1) is 21.1. The van der Waals surface area contributed by atoms with E-state index >= 15 is 4.39 Å². The molecule has 2 atom stereocenters. The number of carbonyl (C=O) groups excluding carboxylic acids is 1. The fraction of sp³-hybridized carbons (Fsp3) is 0.200. The van der Waals surface area contributed by atoms with Gasteiger partial charge in [0, 0.05) is 30.1 Å². The molecule has 10 nitrogen and oxygen atoms in total. The summed E-state index contributed by atoms with van der Waals surface area (Å²) in [7, 11) is 1.80. The maximum atomic E-state index is 15.4. The van der Waals surface area contributed by atoms with Gasteiger partial charge in [0.05, 0.1) is 52.3 Å². The van der Waals surface area contributed by atoms with E-state index in [-0.39, 0.29) is 33.0 Å². The highest BCUT2D eigenvalue weighted by Gasteiger charge is 2.26. The number of nitrogens with zero attached hydrogens (tertiary/aromatic N) is 7. The van der Waals surface area contributed by atoms with Crippen molar-refractivity contribution in [3.8, 4) is 28.1 Å². The molecular weight excluding hydrogens is 613 g/mol. The van der Waals surface area contributed by atoms with E-state index in [1.807, 2.05) is 4.90 Å². The first kappa shape index (κ1) is 29.5. The maximum Gasteiger partial charge on any atom is 0.254 e. The molecule has 224 valence electrons. The van der Waals surface area contributed by atoms with Crippen molar-refractivity contribution in [2.75, 3.05) is 18.9 Å². The molecule has 1 aliphatic heterocycles. The standard InChI is InChI=1S/C30H24Cl2F2N8O2/c1-16-30(44)37-21-5-3-18(33)12-19(21)17-7-9-35-22(11-17)24(8-10-40(16)2)41-15-36-23(13-27(41)43)28-25(6-4-20(31)29(28)34)42-14-26(32)38-39-42/h3-7,9,11-16,24H,8,10H2,1-2H3,(H,37,44). The summed E-state index contributed by atoms with van der Waals surface area (Å²) >= 11 is 12.0. The zero-order chi connectivity index (χ0) is 31.1. The predicted octanol–water partition coefficient (Wildman–Crippen LogP) is 5.39. The summed E-state index contributed by atoms with van der Waals surface area (Å²) in [6.45, 7) is 2.18. The summed E-state index contributed by atoms with van der Waals surface area (Å²) in [6, 6.07) is 10.5. The monoisotopic (exact) mass is 636 g/mol. The minimum absolute atomic E-state index is 0.0227. The fourth-order valence-corrected chi connectivity index (χ4v) is 5.45. The van der Waals surface area contributed by atoms with Crippen molar-refractivity contribution in [1.82, 2.24) is 34.4 Å². The lowest BCUT2D eigenvalue weighted by Gasteiger charge is -2.28. The SMILES string of the molecule is CC1C(=O)Nc2ccc(F)cc2-c2ccnc(c2)C(n2cnc(-c3c(-n4cc(Cl)nn4)ccc(Cl)c3F)cc2=O)CCN1C. The molecule has 0 fully saturated rings. The third-order valence-corrected chi connectivity index (χ3v) is 8.15. The Kier molecular flexibility index (Phi) is 7.97. The number of nitrogens with one attached hydrogen (secondary N) is 1. The second-order valence-electron chi connectivity index (χ2n) is 10.4. The molecule has 2 bridgehead atoms. The molecule has 4 heterocycles. The van der Waals surface area contributed by atoms with Crippen molar-refractivity contribution in [3.05, 3.63) is 105 Å². The smallest absolute Gasteiger partial charge is 0.254 e. The highest BCUT2D eigenvalue weighted by Crippen LogP contribution is 2.34. The lowest BCUT2D eigenvalue weighted by molar-refractivity contribution is -0.120. The number of rotatable bonds is 3. The van der Waals surface area contributed by atoms with Crippen LogP contribution in [-0.4, -0.2) is 60.0 Å². The summed E-state index contributed by atoms with van der Waals surface area (Å²) in [4.78, 5) is 37.7. The number of aromatic nitrogens is 6. The van der Waals surface area contributed by atoms with Gasteiger partial charge in [0.25, 0.3) is 5.56 Å². The molecule has 1 aliphatic rings. The van der Waals surface area contributed by atoms with Crippen LogP contribution >= 0.6 is 23.2 Å². The average molecular weight is 637 g/mol. The molecule has 0 radical (unpaired) electrons. The van der Waals surface area contributed by atoms with Crippen LogP contribution in [0.1, 0.15) is 25.1 Å². The number of fused-ring (bicyclic) bond motifs is 4. The van der Waals surface area contributed by atoms with E-state index in [4.69, 9.17) is 23.2 Å². The van der Waals surface area contributed by atoms with Crippen LogP contribution in [0.4, 0.5) is 14.5 Å². The van der Waals surface area contributed by atoms with E-state index in [2.05, 4.69) is 25.6 Å². The summed E-state index contributed by atoms with van der Waals surface area (Å²) in [6.07, 6.45) is 4.65. The van der Waals surface area contributed by atoms with Gasteiger partial charge < -0.3 is 5.32 Å². The first-order valence-corrected chi connectivity index (χ1v) is 14.3. The lowest BCUT2D eigenvalue weighted by Crippen LogP contribution is -2.41. The Hall–Kier alpha value is -4.52. The molecule has 14 heteroatoms. The summed E-state index contributed by atoms with van der Waals surface area (Å²) < 4.78 is 32.5. The topological polar surface area (TPSA) is 111 Å². The van der Waals surface area contributed by atoms with E-state index in [0.717, 1.165) is 0 Å². The number of carbonyl (C=O) groups is 1. The van der Waals surface area contributed by atoms with Crippen LogP contribution in [0, 0.1) is 11.6 Å². The van der Waals surface area contributed by atoms with E-state index in [9.17, 15) is 14.0 Å². The Morgan fingerprint density at radius 3 is 2.59 bits per heavy atom. The Bertz CT molecular complexity index is 1960. The molecule has 3 aromatic heterocycles. The molecule has 44 heavy (non-hydrogen) atoms. The Labute approximate surface area is 259 Å². The van der Waals surface area contributed by atoms with Crippen molar-refractivity contribution in [1.29, 1.82) is 0 Å². The van der Waals surface area contributed by atoms with E-state index < -0.39 is 29.3 Å². The molecule has 1 amide bonds. The van der Waals surface area contributed by atoms with Crippen molar-refractivity contribution in [2.45, 2.75) is 25.4 Å². The van der Waals surface area contributed by atoms with Gasteiger partial charge in [-0.05, 0) is 68.4 Å². The summed E-state index contributed by atoms with van der Waals surface area (Å²) in [5.41, 5.74) is 1.75. The zero-order valence-electron chi connectivity index (χ0n) is 23.4. The lowest BCUT2D eigenvalue weighted by atomic mass is 9.99. The van der Waals surface area contributed by atoms with Gasteiger partial charge in [-0.2, -0.15) is 0 Å². The van der Waals surface area contributed by atoms with Crippen LogP contribution in [0.5, 0.6) is 0 Å². The van der Waals surface area contributed by atoms with Gasteiger partial charge in [-0.1, -0.05) is 28.4 Å². The van der Waals surface area contributed by atoms with Crippen molar-refractivity contribution in [3.63, 3.8) is 0 Å². The third-order valence-electron chi connectivity index (χ3n) is 7.68. The number of pyridine rings is 1. The third kappa shape index (κ3) is 5.59. The number of anilines is 1. The summed E-state index contributed by atoms with van der Waals surface area (Å²) in [5, 5.41) is 10.5. The number of benzene rings is 2. The van der Waals surface area contributed by atoms with E-state index in [1.54, 1.807) is 32.3 Å². The number of hydrogen-bond donors (Lipinski definition) is 1. The molecule has 1 N–H and O–H groups in total. The quantitative estimate of drug-likeness (QED) is 0.283. The minimum Gasteiger partial charge on any atom is -0.324 e. The fourth-order valence-electron chi connectivity index (χ4n) is 5.17. The van der Waals surface area contributed by atoms with Crippen molar-refractivity contribution < 1.29 is 13.6 Å². The Morgan fingerprint density at radius 2 is 1.84 bits per heavy atom. The molecule has 0 saturated heterocycles. The first-order valence-electron chi connectivity index (χ1n) is 13.5. The van der Waals surface area contributed by atoms with Gasteiger partial charge >= 0.3 is 0 Å². The normalized spacial score (nSPS) is 17.4. The van der Waals surface area contributed by atoms with Gasteiger partial charge in [0.15, 0.2) is 11.0 Å². The second-order valence-corrected chi connectivity index (χ2v) is 11.2. The molecule has 0 saturated carbocycles. The Morgan fingerprint density at radius 1 is 1.02 bits per heavy atom. The second kappa shape index (κ2) is 11.9. The van der Waals surface area contributed by atoms with Crippen LogP contribution < -0.4 is 10.9 Å². The Balaban J connectivity index is 1.47. The van der Waals surface area contributed by atoms with Crippen LogP contribution in [0.2, 0.25) is 10.2 Å². The average Bonchev–Trinajstić information content (AvgIpc) is 3.45. The van der Waals surface area contributed by atoms with Crippen LogP contribution in [-0.2, 0) is 4.79 Å². The zero-order valence-corrected chi connectivity index (χ0v) is 24.9. The van der Waals surface area contributed by atoms with Gasteiger partial charge in [-0.15, -0.1) is 5.10 Å². The number of halogens is 4. The number of likely N-dealkylation sites (N-methyl/N-ethyl adjacent to an activating group) is 1. The number of hydrogen-bond acceptors (Lipinski definition) is 7. The largest absolute Gasteiger partial charge is 0.324 e. The van der Waals surface area contributed by atoms with E-state index in [0.29, 0.717) is 35.5 Å². The highest BCUT2D eigenvalue weighted by molar-refractivity contribution is 6.31. The highest BCUT2D eigenvalue weighted by atomic mass is 35.5. The van der Waals surface area contributed by atoms with Crippen LogP contribution in [0.15, 0.2) is 72.0 Å². The minimum atomic E-state index is -0.791. The molecule has 6 rings (SSSR count). The predicted molar refractivity (Wildman–Crippen MR) is 162 cm³/mol. The molecule has 0 aliphatic carbocycles. The van der Waals surface area contributed by atoms with Gasteiger partial charge in [-0.3, -0.25) is 24.0 Å².